The molecule has 1 heterocycles. The maximum atomic E-state index is 11.6. The summed E-state index contributed by atoms with van der Waals surface area (Å²) in [5, 5.41) is 29.1. The van der Waals surface area contributed by atoms with E-state index in [2.05, 4.69) is 30.9 Å². The van der Waals surface area contributed by atoms with E-state index in [0.717, 1.165) is 67.7 Å². The van der Waals surface area contributed by atoms with Crippen molar-refractivity contribution in [3.8, 4) is 5.75 Å². The standard InChI is InChI=1S/C33H45ClN2O4.C2H4O2/c1-5-6-25-16-28(34)10-12-29(25)27-19-36(31-15-24(20-37)8-14-33(31)40-21-27)18-26-9-11-30(26)32(39)13-7-22(2)17-35(4)23(3)38;1-2(3)4/h7-8,10,12-16,22,26-27,30,32,37,39H,5-6,9,11,17-21H2,1-4H3;1H3,(H,3,4)/b13-7+;. The van der Waals surface area contributed by atoms with Gasteiger partial charge in [-0.15, -0.1) is 0 Å². The molecule has 2 aromatic rings. The van der Waals surface area contributed by atoms with E-state index in [1.54, 1.807) is 18.9 Å². The van der Waals surface area contributed by atoms with Crippen molar-refractivity contribution in [2.45, 2.75) is 72.0 Å². The maximum absolute atomic E-state index is 11.6. The van der Waals surface area contributed by atoms with Crippen LogP contribution in [0.15, 0.2) is 48.6 Å². The summed E-state index contributed by atoms with van der Waals surface area (Å²) in [4.78, 5) is 24.7. The zero-order valence-electron chi connectivity index (χ0n) is 26.7. The molecule has 9 heteroatoms. The number of aliphatic carboxylic acids is 1. The zero-order chi connectivity index (χ0) is 32.4. The summed E-state index contributed by atoms with van der Waals surface area (Å²) in [7, 11) is 1.80. The fraction of sp³-hybridized carbons (Fsp3) is 0.543. The highest BCUT2D eigenvalue weighted by Gasteiger charge is 2.38. The monoisotopic (exact) mass is 628 g/mol. The molecule has 1 aliphatic carbocycles. The van der Waals surface area contributed by atoms with Crippen molar-refractivity contribution in [1.82, 2.24) is 4.90 Å². The Morgan fingerprint density at radius 3 is 2.50 bits per heavy atom. The number of hydrogen-bond acceptors (Lipinski definition) is 6. The summed E-state index contributed by atoms with van der Waals surface area (Å²) in [6, 6.07) is 12.2. The molecule has 0 spiro atoms. The molecule has 3 N–H and O–H groups in total. The molecule has 5 atom stereocenters. The summed E-state index contributed by atoms with van der Waals surface area (Å²) in [6.07, 6.45) is 7.52. The predicted molar refractivity (Wildman–Crippen MR) is 175 cm³/mol. The Hall–Kier alpha value is -3.07. The molecule has 1 saturated carbocycles. The van der Waals surface area contributed by atoms with Gasteiger partial charge in [0.2, 0.25) is 5.91 Å². The topological polar surface area (TPSA) is 111 Å². The number of benzene rings is 2. The number of aliphatic hydroxyl groups excluding tert-OH is 2. The quantitative estimate of drug-likeness (QED) is 0.265. The average Bonchev–Trinajstić information content (AvgIpc) is 3.13. The molecular formula is C35H49ClN2O6. The van der Waals surface area contributed by atoms with E-state index in [9.17, 15) is 15.0 Å². The molecule has 8 nitrogen and oxygen atoms in total. The summed E-state index contributed by atoms with van der Waals surface area (Å²) >= 11 is 6.37. The molecule has 2 aliphatic rings. The second-order valence-corrected chi connectivity index (χ2v) is 12.7. The van der Waals surface area contributed by atoms with Crippen LogP contribution in [-0.2, 0) is 22.6 Å². The van der Waals surface area contributed by atoms with Crippen LogP contribution in [0.25, 0.3) is 0 Å². The van der Waals surface area contributed by atoms with Crippen molar-refractivity contribution in [3.05, 3.63) is 70.3 Å². The fourth-order valence-corrected chi connectivity index (χ4v) is 6.27. The van der Waals surface area contributed by atoms with Crippen LogP contribution in [0.1, 0.15) is 69.6 Å². The Bertz CT molecular complexity index is 1280. The Balaban J connectivity index is 0.00000124. The maximum Gasteiger partial charge on any atom is 0.300 e. The van der Waals surface area contributed by atoms with Gasteiger partial charge in [0.05, 0.1) is 25.0 Å². The Labute approximate surface area is 267 Å². The van der Waals surface area contributed by atoms with Crippen LogP contribution in [0.2, 0.25) is 5.02 Å². The Morgan fingerprint density at radius 1 is 1.16 bits per heavy atom. The highest BCUT2D eigenvalue weighted by molar-refractivity contribution is 6.30. The lowest BCUT2D eigenvalue weighted by atomic mass is 9.70. The number of aliphatic hydroxyl groups is 2. The lowest BCUT2D eigenvalue weighted by Crippen LogP contribution is -2.44. The molecule has 1 aliphatic heterocycles. The number of hydrogen-bond donors (Lipinski definition) is 3. The van der Waals surface area contributed by atoms with E-state index in [1.807, 2.05) is 36.4 Å². The van der Waals surface area contributed by atoms with Gasteiger partial charge in [0.15, 0.2) is 0 Å². The molecule has 242 valence electrons. The van der Waals surface area contributed by atoms with Crippen molar-refractivity contribution < 1.29 is 29.6 Å². The predicted octanol–water partition coefficient (Wildman–Crippen LogP) is 5.92. The SMILES string of the molecule is CC(=O)O.CCCc1cc(Cl)ccc1C1COc2ccc(CO)cc2N(CC2CCC2C(O)/C=C/C(C)CN(C)C(C)=O)C1. The summed E-state index contributed by atoms with van der Waals surface area (Å²) in [5.74, 6) is 0.930. The van der Waals surface area contributed by atoms with E-state index in [0.29, 0.717) is 19.1 Å². The number of anilines is 1. The molecule has 44 heavy (non-hydrogen) atoms. The first-order valence-electron chi connectivity index (χ1n) is 15.6. The van der Waals surface area contributed by atoms with E-state index in [1.165, 1.54) is 11.1 Å². The van der Waals surface area contributed by atoms with Crippen molar-refractivity contribution in [2.75, 3.05) is 38.2 Å². The van der Waals surface area contributed by atoms with Crippen molar-refractivity contribution in [2.24, 2.45) is 17.8 Å². The molecule has 4 rings (SSSR count). The van der Waals surface area contributed by atoms with Crippen molar-refractivity contribution in [1.29, 1.82) is 0 Å². The third kappa shape index (κ3) is 9.98. The summed E-state index contributed by atoms with van der Waals surface area (Å²) in [6.45, 7) is 9.71. The van der Waals surface area contributed by atoms with Gasteiger partial charge in [0.1, 0.15) is 5.75 Å². The largest absolute Gasteiger partial charge is 0.491 e. The molecule has 0 radical (unpaired) electrons. The molecule has 1 amide bonds. The summed E-state index contributed by atoms with van der Waals surface area (Å²) in [5.41, 5.74) is 4.43. The second-order valence-electron chi connectivity index (χ2n) is 12.2. The van der Waals surface area contributed by atoms with Gasteiger partial charge in [0, 0.05) is 51.5 Å². The number of carboxylic acid groups (broad SMARTS) is 1. The number of rotatable bonds is 11. The molecule has 0 aromatic heterocycles. The Kier molecular flexibility index (Phi) is 13.6. The highest BCUT2D eigenvalue weighted by Crippen LogP contribution is 2.42. The minimum atomic E-state index is -0.833. The molecule has 2 aromatic carbocycles. The van der Waals surface area contributed by atoms with Crippen molar-refractivity contribution in [3.63, 3.8) is 0 Å². The first-order chi connectivity index (χ1) is 20.9. The number of aryl methyl sites for hydroxylation is 1. The second kappa shape index (κ2) is 16.8. The third-order valence-corrected chi connectivity index (χ3v) is 8.83. The van der Waals surface area contributed by atoms with Gasteiger partial charge in [0.25, 0.3) is 5.97 Å². The van der Waals surface area contributed by atoms with Gasteiger partial charge in [-0.2, -0.15) is 0 Å². The normalized spacial score (nSPS) is 20.7. The van der Waals surface area contributed by atoms with E-state index >= 15 is 0 Å². The van der Waals surface area contributed by atoms with Crippen LogP contribution in [0.3, 0.4) is 0 Å². The van der Waals surface area contributed by atoms with Gasteiger partial charge in [-0.3, -0.25) is 9.59 Å². The van der Waals surface area contributed by atoms with Gasteiger partial charge >= 0.3 is 0 Å². The molecule has 1 fully saturated rings. The lowest BCUT2D eigenvalue weighted by Gasteiger charge is -2.42. The highest BCUT2D eigenvalue weighted by atomic mass is 35.5. The number of carbonyl (C=O) groups is 2. The number of halogens is 1. The number of carboxylic acids is 1. The van der Waals surface area contributed by atoms with E-state index < -0.39 is 12.1 Å². The zero-order valence-corrected chi connectivity index (χ0v) is 27.5. The van der Waals surface area contributed by atoms with Crippen LogP contribution >= 0.6 is 11.6 Å². The number of fused-ring (bicyclic) bond motifs is 1. The third-order valence-electron chi connectivity index (χ3n) is 8.60. The van der Waals surface area contributed by atoms with Gasteiger partial charge < -0.3 is 29.9 Å². The van der Waals surface area contributed by atoms with E-state index in [-0.39, 0.29) is 30.3 Å². The fourth-order valence-electron chi connectivity index (χ4n) is 6.08. The number of nitrogens with zero attached hydrogens (tertiary/aromatic N) is 2. The number of carbonyl (C=O) groups excluding carboxylic acids is 1. The van der Waals surface area contributed by atoms with E-state index in [4.69, 9.17) is 26.2 Å². The number of ether oxygens (including phenoxy) is 1. The average molecular weight is 629 g/mol. The smallest absolute Gasteiger partial charge is 0.300 e. The van der Waals surface area contributed by atoms with Crippen LogP contribution in [0.5, 0.6) is 5.75 Å². The van der Waals surface area contributed by atoms with Crippen LogP contribution < -0.4 is 9.64 Å². The Morgan fingerprint density at radius 2 is 1.89 bits per heavy atom. The minimum absolute atomic E-state index is 0.0189. The van der Waals surface area contributed by atoms with Crippen molar-refractivity contribution >= 4 is 29.2 Å². The lowest BCUT2D eigenvalue weighted by molar-refractivity contribution is -0.134. The minimum Gasteiger partial charge on any atom is -0.491 e. The van der Waals surface area contributed by atoms with Crippen LogP contribution in [0.4, 0.5) is 5.69 Å². The molecule has 0 saturated heterocycles. The van der Waals surface area contributed by atoms with Crippen LogP contribution in [-0.4, -0.2) is 71.5 Å². The molecule has 5 unspecified atom stereocenters. The number of amides is 1. The van der Waals surface area contributed by atoms with Gasteiger partial charge in [-0.25, -0.2) is 0 Å². The summed E-state index contributed by atoms with van der Waals surface area (Å²) < 4.78 is 6.38. The molecular weight excluding hydrogens is 580 g/mol. The first-order valence-corrected chi connectivity index (χ1v) is 16.0. The van der Waals surface area contributed by atoms with Gasteiger partial charge in [-0.05, 0) is 78.0 Å². The molecule has 0 bridgehead atoms. The first kappa shape index (κ1) is 35.4. The van der Waals surface area contributed by atoms with Gasteiger partial charge in [-0.1, -0.05) is 56.2 Å². The van der Waals surface area contributed by atoms with Crippen LogP contribution in [0, 0.1) is 17.8 Å².